The molecule has 0 bridgehead atoms. The van der Waals surface area contributed by atoms with Crippen molar-refractivity contribution in [1.29, 1.82) is 0 Å². The Labute approximate surface area is 125 Å². The SMILES string of the molecule is CC(c1ccc2scnc2c1)N1CCc2ncsc2C1. The molecular formula is C15H15N3S2. The number of hydrogen-bond acceptors (Lipinski definition) is 5. The fraction of sp³-hybridized carbons (Fsp3) is 0.333. The van der Waals surface area contributed by atoms with Crippen LogP contribution in [-0.2, 0) is 13.0 Å². The summed E-state index contributed by atoms with van der Waals surface area (Å²) in [6.07, 6.45) is 1.07. The highest BCUT2D eigenvalue weighted by Crippen LogP contribution is 2.30. The Kier molecular flexibility index (Phi) is 3.06. The predicted molar refractivity (Wildman–Crippen MR) is 84.3 cm³/mol. The zero-order valence-electron chi connectivity index (χ0n) is 11.2. The minimum Gasteiger partial charge on any atom is -0.291 e. The van der Waals surface area contributed by atoms with Crippen molar-refractivity contribution in [2.24, 2.45) is 0 Å². The fourth-order valence-electron chi connectivity index (χ4n) is 2.82. The Hall–Kier alpha value is -1.30. The van der Waals surface area contributed by atoms with Gasteiger partial charge in [0.15, 0.2) is 0 Å². The average Bonchev–Trinajstić information content (AvgIpc) is 3.13. The lowest BCUT2D eigenvalue weighted by Gasteiger charge is -2.32. The third kappa shape index (κ3) is 2.06. The molecule has 0 spiro atoms. The lowest BCUT2D eigenvalue weighted by atomic mass is 10.0. The summed E-state index contributed by atoms with van der Waals surface area (Å²) in [7, 11) is 0. The molecule has 0 saturated heterocycles. The summed E-state index contributed by atoms with van der Waals surface area (Å²) < 4.78 is 1.27. The largest absolute Gasteiger partial charge is 0.291 e. The summed E-state index contributed by atoms with van der Waals surface area (Å²) in [5.74, 6) is 0. The summed E-state index contributed by atoms with van der Waals surface area (Å²) in [5.41, 5.74) is 7.67. The Morgan fingerprint density at radius 2 is 2.10 bits per heavy atom. The monoisotopic (exact) mass is 301 g/mol. The number of fused-ring (bicyclic) bond motifs is 2. The molecule has 0 radical (unpaired) electrons. The first-order valence-corrected chi connectivity index (χ1v) is 8.55. The van der Waals surface area contributed by atoms with E-state index < -0.39 is 0 Å². The molecule has 1 atom stereocenters. The van der Waals surface area contributed by atoms with Gasteiger partial charge in [-0.05, 0) is 24.6 Å². The predicted octanol–water partition coefficient (Wildman–Crippen LogP) is 3.87. The topological polar surface area (TPSA) is 29.0 Å². The molecule has 0 amide bonds. The lowest BCUT2D eigenvalue weighted by molar-refractivity contribution is 0.193. The average molecular weight is 301 g/mol. The van der Waals surface area contributed by atoms with Crippen molar-refractivity contribution >= 4 is 32.9 Å². The van der Waals surface area contributed by atoms with E-state index >= 15 is 0 Å². The molecule has 1 aliphatic heterocycles. The van der Waals surface area contributed by atoms with E-state index in [1.807, 2.05) is 11.0 Å². The molecule has 0 fully saturated rings. The summed E-state index contributed by atoms with van der Waals surface area (Å²) in [4.78, 5) is 12.8. The molecule has 1 unspecified atom stereocenters. The summed E-state index contributed by atoms with van der Waals surface area (Å²) in [6, 6.07) is 7.10. The first-order valence-electron chi connectivity index (χ1n) is 6.80. The number of nitrogens with zero attached hydrogens (tertiary/aromatic N) is 3. The van der Waals surface area contributed by atoms with Crippen LogP contribution in [0.5, 0.6) is 0 Å². The molecule has 3 nitrogen and oxygen atoms in total. The highest BCUT2D eigenvalue weighted by Gasteiger charge is 2.23. The highest BCUT2D eigenvalue weighted by molar-refractivity contribution is 7.16. The molecule has 1 aromatic carbocycles. The quantitative estimate of drug-likeness (QED) is 0.719. The van der Waals surface area contributed by atoms with Crippen molar-refractivity contribution in [1.82, 2.24) is 14.9 Å². The molecule has 5 heteroatoms. The van der Waals surface area contributed by atoms with Gasteiger partial charge in [0.05, 0.1) is 26.9 Å². The van der Waals surface area contributed by atoms with Gasteiger partial charge < -0.3 is 0 Å². The highest BCUT2D eigenvalue weighted by atomic mass is 32.1. The maximum atomic E-state index is 4.44. The molecule has 0 saturated carbocycles. The molecule has 4 rings (SSSR count). The minimum atomic E-state index is 0.427. The van der Waals surface area contributed by atoms with E-state index in [9.17, 15) is 0 Å². The van der Waals surface area contributed by atoms with Crippen molar-refractivity contribution < 1.29 is 0 Å². The molecule has 20 heavy (non-hydrogen) atoms. The van der Waals surface area contributed by atoms with Crippen LogP contribution in [0.2, 0.25) is 0 Å². The van der Waals surface area contributed by atoms with Gasteiger partial charge in [0.1, 0.15) is 0 Å². The Bertz CT molecular complexity index is 746. The second-order valence-corrected chi connectivity index (χ2v) is 7.02. The Morgan fingerprint density at radius 3 is 3.05 bits per heavy atom. The van der Waals surface area contributed by atoms with Crippen LogP contribution in [-0.4, -0.2) is 21.4 Å². The Balaban J connectivity index is 1.62. The zero-order chi connectivity index (χ0) is 13.5. The third-order valence-corrected chi connectivity index (χ3v) is 5.76. The molecular weight excluding hydrogens is 286 g/mol. The van der Waals surface area contributed by atoms with Crippen LogP contribution in [0.4, 0.5) is 0 Å². The van der Waals surface area contributed by atoms with Crippen LogP contribution in [0.3, 0.4) is 0 Å². The zero-order valence-corrected chi connectivity index (χ0v) is 12.9. The van der Waals surface area contributed by atoms with Crippen LogP contribution < -0.4 is 0 Å². The van der Waals surface area contributed by atoms with Crippen LogP contribution in [0.1, 0.15) is 29.1 Å². The van der Waals surface area contributed by atoms with Crippen LogP contribution >= 0.6 is 22.7 Å². The van der Waals surface area contributed by atoms with Gasteiger partial charge in [-0.3, -0.25) is 4.90 Å². The molecule has 2 aromatic heterocycles. The maximum Gasteiger partial charge on any atom is 0.0815 e. The molecule has 1 aliphatic rings. The van der Waals surface area contributed by atoms with E-state index in [1.165, 1.54) is 20.8 Å². The lowest BCUT2D eigenvalue weighted by Crippen LogP contribution is -2.32. The number of rotatable bonds is 2. The first-order chi connectivity index (χ1) is 9.81. The fourth-order valence-corrected chi connectivity index (χ4v) is 4.31. The van der Waals surface area contributed by atoms with E-state index in [0.29, 0.717) is 6.04 Å². The third-order valence-electron chi connectivity index (χ3n) is 4.09. The molecule has 102 valence electrons. The van der Waals surface area contributed by atoms with Gasteiger partial charge in [-0.2, -0.15) is 0 Å². The number of aromatic nitrogens is 2. The van der Waals surface area contributed by atoms with Gasteiger partial charge >= 0.3 is 0 Å². The van der Waals surface area contributed by atoms with Gasteiger partial charge in [0.25, 0.3) is 0 Å². The van der Waals surface area contributed by atoms with Gasteiger partial charge in [0, 0.05) is 30.4 Å². The van der Waals surface area contributed by atoms with Crippen LogP contribution in [0.15, 0.2) is 29.2 Å². The first kappa shape index (κ1) is 12.4. The minimum absolute atomic E-state index is 0.427. The maximum absolute atomic E-state index is 4.44. The van der Waals surface area contributed by atoms with E-state index in [-0.39, 0.29) is 0 Å². The van der Waals surface area contributed by atoms with Gasteiger partial charge in [0.2, 0.25) is 0 Å². The Morgan fingerprint density at radius 1 is 1.20 bits per heavy atom. The molecule has 0 aliphatic carbocycles. The van der Waals surface area contributed by atoms with E-state index in [2.05, 4.69) is 40.0 Å². The molecule has 3 heterocycles. The van der Waals surface area contributed by atoms with Crippen LogP contribution in [0.25, 0.3) is 10.2 Å². The smallest absolute Gasteiger partial charge is 0.0815 e. The summed E-state index contributed by atoms with van der Waals surface area (Å²) in [6.45, 7) is 4.41. The van der Waals surface area contributed by atoms with E-state index in [4.69, 9.17) is 0 Å². The summed E-state index contributed by atoms with van der Waals surface area (Å²) >= 11 is 3.49. The second-order valence-electron chi connectivity index (χ2n) is 5.20. The van der Waals surface area contributed by atoms with Gasteiger partial charge in [-0.15, -0.1) is 22.7 Å². The van der Waals surface area contributed by atoms with E-state index in [0.717, 1.165) is 25.0 Å². The molecule has 0 N–H and O–H groups in total. The normalized spacial score (nSPS) is 17.2. The van der Waals surface area contributed by atoms with Gasteiger partial charge in [-0.1, -0.05) is 6.07 Å². The second kappa shape index (κ2) is 4.91. The number of thiazole rings is 2. The van der Waals surface area contributed by atoms with Gasteiger partial charge in [-0.25, -0.2) is 9.97 Å². The standard InChI is InChI=1S/C15H15N3S2/c1-10(11-2-3-14-13(6-11)17-9-19-14)18-5-4-12-15(7-18)20-8-16-12/h2-3,6,8-10H,4-5,7H2,1H3. The van der Waals surface area contributed by atoms with Crippen molar-refractivity contribution in [2.45, 2.75) is 25.9 Å². The number of hydrogen-bond donors (Lipinski definition) is 0. The van der Waals surface area contributed by atoms with Crippen molar-refractivity contribution in [3.05, 3.63) is 45.4 Å². The number of benzene rings is 1. The summed E-state index contributed by atoms with van der Waals surface area (Å²) in [5, 5.41) is 0. The van der Waals surface area contributed by atoms with Crippen molar-refractivity contribution in [2.75, 3.05) is 6.54 Å². The van der Waals surface area contributed by atoms with Crippen LogP contribution in [0, 0.1) is 0 Å². The van der Waals surface area contributed by atoms with Crippen molar-refractivity contribution in [3.63, 3.8) is 0 Å². The molecule has 3 aromatic rings. The van der Waals surface area contributed by atoms with E-state index in [1.54, 1.807) is 22.7 Å². The van der Waals surface area contributed by atoms with Crippen molar-refractivity contribution in [3.8, 4) is 0 Å².